The largest absolute Gasteiger partial charge is 0.563 e. The van der Waals surface area contributed by atoms with Crippen molar-refractivity contribution in [2.24, 2.45) is 11.5 Å². The fourth-order valence-corrected chi connectivity index (χ4v) is 1.57. The van der Waals surface area contributed by atoms with E-state index >= 15 is 0 Å². The van der Waals surface area contributed by atoms with Gasteiger partial charge < -0.3 is 41.9 Å². The topological polar surface area (TPSA) is 230 Å². The Morgan fingerprint density at radius 3 is 2.42 bits per heavy atom. The van der Waals surface area contributed by atoms with Crippen molar-refractivity contribution in [3.63, 3.8) is 0 Å². The molecule has 0 spiro atoms. The molecule has 0 fully saturated rings. The zero-order valence-corrected chi connectivity index (χ0v) is 12.4. The number of carbonyl (C=O) groups is 3. The molecule has 1 aromatic rings. The second-order valence-corrected chi connectivity index (χ2v) is 4.72. The smallest absolute Gasteiger partial charge is 0.541 e. The van der Waals surface area contributed by atoms with Gasteiger partial charge in [-0.2, -0.15) is 4.98 Å². The summed E-state index contributed by atoms with van der Waals surface area (Å²) in [6.45, 7) is -1.22. The highest BCUT2D eigenvalue weighted by Gasteiger charge is 2.29. The molecule has 0 aliphatic rings. The zero-order chi connectivity index (χ0) is 18.3. The van der Waals surface area contributed by atoms with Crippen molar-refractivity contribution >= 4 is 17.9 Å². The minimum absolute atomic E-state index is 0.0428. The van der Waals surface area contributed by atoms with Gasteiger partial charge in [-0.05, 0) is 0 Å². The van der Waals surface area contributed by atoms with Gasteiger partial charge in [-0.25, -0.2) is 4.79 Å². The van der Waals surface area contributed by atoms with E-state index in [1.165, 1.54) is 0 Å². The first-order valence-corrected chi connectivity index (χ1v) is 6.70. The lowest BCUT2D eigenvalue weighted by Crippen LogP contribution is -2.49. The third-order valence-electron chi connectivity index (χ3n) is 2.80. The normalized spacial score (nSPS) is 14.5. The summed E-state index contributed by atoms with van der Waals surface area (Å²) in [4.78, 5) is 37.6. The molecule has 0 bridgehead atoms. The molecule has 13 nitrogen and oxygen atoms in total. The number of hydrogen-bond acceptors (Lipinski definition) is 9. The molecule has 0 saturated heterocycles. The van der Waals surface area contributed by atoms with Crippen LogP contribution in [0.1, 0.15) is 30.2 Å². The summed E-state index contributed by atoms with van der Waals surface area (Å²) >= 11 is 0. The van der Waals surface area contributed by atoms with E-state index in [4.69, 9.17) is 31.3 Å². The Bertz CT molecular complexity index is 591. The third-order valence-corrected chi connectivity index (χ3v) is 2.80. The van der Waals surface area contributed by atoms with E-state index in [1.807, 2.05) is 5.32 Å². The van der Waals surface area contributed by atoms with Gasteiger partial charge in [0.1, 0.15) is 6.04 Å². The summed E-state index contributed by atoms with van der Waals surface area (Å²) in [5.74, 6) is -2.23. The van der Waals surface area contributed by atoms with Gasteiger partial charge in [0.2, 0.25) is 17.8 Å². The Hall–Kier alpha value is -2.77. The summed E-state index contributed by atoms with van der Waals surface area (Å²) in [6.07, 6.45) is -0.401. The number of aliphatic hydroxyl groups excluding tert-OH is 2. The highest BCUT2D eigenvalue weighted by Crippen LogP contribution is 2.16. The number of amides is 3. The van der Waals surface area contributed by atoms with Crippen molar-refractivity contribution in [1.82, 2.24) is 20.8 Å². The Kier molecular flexibility index (Phi) is 7.03. The predicted molar refractivity (Wildman–Crippen MR) is 76.0 cm³/mol. The van der Waals surface area contributed by atoms with E-state index in [2.05, 4.69) is 15.5 Å². The maximum Gasteiger partial charge on any atom is 0.541 e. The molecule has 0 aromatic carbocycles. The Morgan fingerprint density at radius 1 is 1.25 bits per heavy atom. The minimum Gasteiger partial charge on any atom is -0.563 e. The standard InChI is InChI=1S/C11H18N6O7/c12-4(2-18)8-16-9(24-17-8)5(1-7(13)20)14-11(23)15-6(3-19)10(21)22/h4-6,18-19H,1-3,12H2,(H2,13,20)(H,21,22)(H2,14,15,23)/p+1/t4-,5-,6-/m0/s1. The number of urea groups is 1. The maximum absolute atomic E-state index is 11.8. The van der Waals surface area contributed by atoms with Crippen LogP contribution in [-0.2, 0) is 9.59 Å². The molecule has 1 aromatic heterocycles. The molecule has 134 valence electrons. The Balaban J connectivity index is 2.85. The molecule has 13 heteroatoms. The summed E-state index contributed by atoms with van der Waals surface area (Å²) < 4.78 is 4.87. The Labute approximate surface area is 135 Å². The molecule has 0 aliphatic carbocycles. The predicted octanol–water partition coefficient (Wildman–Crippen LogP) is -4.11. The van der Waals surface area contributed by atoms with Crippen LogP contribution in [0, 0.1) is 0 Å². The molecule has 1 rings (SSSR count). The molecule has 3 amide bonds. The average Bonchev–Trinajstić information content (AvgIpc) is 3.00. The second kappa shape index (κ2) is 8.76. The van der Waals surface area contributed by atoms with Gasteiger partial charge in [-0.1, -0.05) is 5.16 Å². The van der Waals surface area contributed by atoms with Gasteiger partial charge in [-0.3, -0.25) is 4.79 Å². The van der Waals surface area contributed by atoms with Gasteiger partial charge in [0.25, 0.3) is 0 Å². The van der Waals surface area contributed by atoms with Crippen molar-refractivity contribution in [2.45, 2.75) is 24.5 Å². The van der Waals surface area contributed by atoms with Crippen LogP contribution in [0.15, 0.2) is 4.52 Å². The van der Waals surface area contributed by atoms with Gasteiger partial charge in [0, 0.05) is 4.79 Å². The van der Waals surface area contributed by atoms with Crippen LogP contribution in [0.4, 0.5) is 4.79 Å². The van der Waals surface area contributed by atoms with E-state index in [1.54, 1.807) is 0 Å². The van der Waals surface area contributed by atoms with Crippen LogP contribution in [-0.4, -0.2) is 62.6 Å². The van der Waals surface area contributed by atoms with Crippen molar-refractivity contribution in [3.8, 4) is 0 Å². The minimum atomic E-state index is -1.43. The summed E-state index contributed by atoms with van der Waals surface area (Å²) in [6, 6.07) is -4.44. The number of primary amides is 1. The van der Waals surface area contributed by atoms with Gasteiger partial charge >= 0.3 is 12.0 Å². The summed E-state index contributed by atoms with van der Waals surface area (Å²) in [7, 11) is 0. The van der Waals surface area contributed by atoms with Gasteiger partial charge in [0.15, 0.2) is 5.82 Å². The number of rotatable bonds is 9. The molecule has 1 heterocycles. The van der Waals surface area contributed by atoms with Gasteiger partial charge in [-0.15, -0.1) is 0 Å². The van der Waals surface area contributed by atoms with Crippen LogP contribution in [0.25, 0.3) is 0 Å². The quantitative estimate of drug-likeness (QED) is 0.238. The van der Waals surface area contributed by atoms with Crippen LogP contribution in [0.2, 0.25) is 0 Å². The number of nitrogens with two attached hydrogens (primary N) is 2. The SMILES string of the molecule is NC(=O)C[C@H](NC(=O)N[C@@H](CO)C(=O)[OH2+])c1nc([C@@H](N)CO)no1. The lowest BCUT2D eigenvalue weighted by Gasteiger charge is -2.15. The number of carbonyl (C=O) groups excluding carboxylic acids is 3. The lowest BCUT2D eigenvalue weighted by atomic mass is 10.2. The summed E-state index contributed by atoms with van der Waals surface area (Å²) in [5.41, 5.74) is 10.6. The van der Waals surface area contributed by atoms with Crippen molar-refractivity contribution in [1.29, 1.82) is 0 Å². The molecule has 0 saturated carbocycles. The maximum atomic E-state index is 11.8. The van der Waals surface area contributed by atoms with E-state index in [-0.39, 0.29) is 11.7 Å². The molecule has 0 aliphatic heterocycles. The second-order valence-electron chi connectivity index (χ2n) is 4.72. The van der Waals surface area contributed by atoms with Crippen LogP contribution >= 0.6 is 0 Å². The summed E-state index contributed by atoms with van der Waals surface area (Å²) in [5, 5.41) is 32.5. The van der Waals surface area contributed by atoms with E-state index in [0.717, 1.165) is 0 Å². The first-order chi connectivity index (χ1) is 11.3. The monoisotopic (exact) mass is 347 g/mol. The number of nitrogens with zero attached hydrogens (tertiary/aromatic N) is 2. The molecular formula is C11H19N6O7+. The number of hydrogen-bond donors (Lipinski definition) is 6. The third kappa shape index (κ3) is 5.45. The van der Waals surface area contributed by atoms with Crippen LogP contribution in [0.3, 0.4) is 0 Å². The van der Waals surface area contributed by atoms with Crippen molar-refractivity contribution in [3.05, 3.63) is 11.7 Å². The highest BCUT2D eigenvalue weighted by molar-refractivity contribution is 5.83. The molecule has 0 radical (unpaired) electrons. The molecule has 10 N–H and O–H groups in total. The van der Waals surface area contributed by atoms with E-state index in [9.17, 15) is 14.4 Å². The zero-order valence-electron chi connectivity index (χ0n) is 12.4. The fourth-order valence-electron chi connectivity index (χ4n) is 1.57. The van der Waals surface area contributed by atoms with Crippen LogP contribution in [0.5, 0.6) is 0 Å². The lowest BCUT2D eigenvalue weighted by molar-refractivity contribution is -0.140. The number of aliphatic hydroxyl groups is 2. The molecular weight excluding hydrogens is 328 g/mol. The number of nitrogens with one attached hydrogen (secondary N) is 2. The van der Waals surface area contributed by atoms with E-state index < -0.39 is 55.7 Å². The van der Waals surface area contributed by atoms with Crippen LogP contribution < -0.4 is 22.1 Å². The van der Waals surface area contributed by atoms with Crippen molar-refractivity contribution < 1.29 is 34.2 Å². The highest BCUT2D eigenvalue weighted by atomic mass is 16.5. The fraction of sp³-hybridized carbons (Fsp3) is 0.545. The average molecular weight is 347 g/mol. The molecule has 0 unspecified atom stereocenters. The Morgan fingerprint density at radius 2 is 1.92 bits per heavy atom. The molecule has 3 atom stereocenters. The number of aromatic nitrogens is 2. The first kappa shape index (κ1) is 19.3. The molecule has 24 heavy (non-hydrogen) atoms. The van der Waals surface area contributed by atoms with Gasteiger partial charge in [0.05, 0.1) is 25.7 Å². The van der Waals surface area contributed by atoms with E-state index in [0.29, 0.717) is 0 Å². The van der Waals surface area contributed by atoms with Crippen molar-refractivity contribution in [2.75, 3.05) is 13.2 Å². The first-order valence-electron chi connectivity index (χ1n) is 6.70.